The zero-order valence-electron chi connectivity index (χ0n) is 13.8. The lowest BCUT2D eigenvalue weighted by atomic mass is 10.1. The first-order chi connectivity index (χ1) is 12.6. The van der Waals surface area contributed by atoms with Crippen molar-refractivity contribution >= 4 is 51.5 Å². The summed E-state index contributed by atoms with van der Waals surface area (Å²) in [5.74, 6) is 0.585. The van der Waals surface area contributed by atoms with Gasteiger partial charge in [-0.15, -0.1) is 15.3 Å². The third-order valence-corrected chi connectivity index (χ3v) is 6.02. The number of nitrogens with zero attached hydrogens (tertiary/aromatic N) is 4. The fourth-order valence-corrected chi connectivity index (χ4v) is 4.09. The molecule has 3 rings (SSSR count). The monoisotopic (exact) mass is 407 g/mol. The summed E-state index contributed by atoms with van der Waals surface area (Å²) >= 11 is 3.50. The minimum atomic E-state index is -0.320. The van der Waals surface area contributed by atoms with Gasteiger partial charge in [-0.2, -0.15) is 0 Å². The molecule has 1 amide bonds. The lowest BCUT2D eigenvalue weighted by Crippen LogP contribution is -2.11. The maximum atomic E-state index is 12.2. The largest absolute Gasteiger partial charge is 0.497 e. The molecule has 0 aliphatic carbocycles. The second-order valence-corrected chi connectivity index (χ2v) is 7.91. The van der Waals surface area contributed by atoms with Crippen LogP contribution in [0.2, 0.25) is 0 Å². The highest BCUT2D eigenvalue weighted by Crippen LogP contribution is 2.27. The predicted octanol–water partition coefficient (Wildman–Crippen LogP) is 2.93. The van der Waals surface area contributed by atoms with Gasteiger partial charge in [-0.25, -0.2) is 0 Å². The number of carbonyl (C=O) groups is 2. The molecule has 1 N–H and O–H groups in total. The third-order valence-electron chi connectivity index (χ3n) is 3.22. The maximum Gasteiger partial charge on any atom is 0.271 e. The van der Waals surface area contributed by atoms with Crippen molar-refractivity contribution in [2.45, 2.75) is 11.3 Å². The summed E-state index contributed by atoms with van der Waals surface area (Å²) in [6, 6.07) is 6.93. The van der Waals surface area contributed by atoms with E-state index in [9.17, 15) is 9.59 Å². The lowest BCUT2D eigenvalue weighted by molar-refractivity contribution is 0.101. The summed E-state index contributed by atoms with van der Waals surface area (Å²) in [7, 11) is 1.57. The van der Waals surface area contributed by atoms with Gasteiger partial charge in [0.1, 0.15) is 10.6 Å². The number of anilines is 1. The van der Waals surface area contributed by atoms with Gasteiger partial charge in [-0.3, -0.25) is 14.9 Å². The minimum absolute atomic E-state index is 0.0233. The van der Waals surface area contributed by atoms with Crippen molar-refractivity contribution in [1.82, 2.24) is 19.8 Å². The molecule has 11 heteroatoms. The first-order valence-corrected chi connectivity index (χ1v) is 9.88. The highest BCUT2D eigenvalue weighted by atomic mass is 32.2. The Morgan fingerprint density at radius 3 is 2.62 bits per heavy atom. The number of methoxy groups -OCH3 is 1. The molecule has 134 valence electrons. The van der Waals surface area contributed by atoms with Gasteiger partial charge < -0.3 is 4.74 Å². The first kappa shape index (κ1) is 18.4. The molecule has 1 aromatic carbocycles. The first-order valence-electron chi connectivity index (χ1n) is 7.30. The predicted molar refractivity (Wildman–Crippen MR) is 101 cm³/mol. The van der Waals surface area contributed by atoms with Crippen LogP contribution in [0.4, 0.5) is 5.13 Å². The van der Waals surface area contributed by atoms with E-state index in [-0.39, 0.29) is 17.4 Å². The Morgan fingerprint density at radius 2 is 1.96 bits per heavy atom. The van der Waals surface area contributed by atoms with Crippen LogP contribution in [0.25, 0.3) is 0 Å². The fraction of sp³-hybridized carbons (Fsp3) is 0.200. The molecule has 0 atom stereocenters. The second kappa shape index (κ2) is 8.34. The summed E-state index contributed by atoms with van der Waals surface area (Å²) in [6.45, 7) is 1.71. The van der Waals surface area contributed by atoms with E-state index in [0.29, 0.717) is 31.4 Å². The number of carbonyl (C=O) groups excluding carboxylic acids is 2. The molecule has 0 aliphatic rings. The van der Waals surface area contributed by atoms with Crippen molar-refractivity contribution in [2.24, 2.45) is 0 Å². The number of thioether (sulfide) groups is 1. The van der Waals surface area contributed by atoms with Crippen LogP contribution in [0.1, 0.15) is 25.7 Å². The highest BCUT2D eigenvalue weighted by molar-refractivity contribution is 8.01. The van der Waals surface area contributed by atoms with E-state index in [1.54, 1.807) is 38.3 Å². The van der Waals surface area contributed by atoms with Crippen LogP contribution in [0.15, 0.2) is 28.6 Å². The fourth-order valence-electron chi connectivity index (χ4n) is 1.90. The van der Waals surface area contributed by atoms with E-state index in [0.717, 1.165) is 11.5 Å². The van der Waals surface area contributed by atoms with Crippen LogP contribution in [-0.4, -0.2) is 44.3 Å². The molecular formula is C15H13N5O3S3. The van der Waals surface area contributed by atoms with E-state index in [2.05, 4.69) is 25.1 Å². The lowest BCUT2D eigenvalue weighted by Gasteiger charge is -2.01. The van der Waals surface area contributed by atoms with Crippen molar-refractivity contribution in [2.75, 3.05) is 18.2 Å². The molecule has 0 spiro atoms. The van der Waals surface area contributed by atoms with Gasteiger partial charge in [0, 0.05) is 5.56 Å². The molecule has 26 heavy (non-hydrogen) atoms. The van der Waals surface area contributed by atoms with Crippen molar-refractivity contribution in [1.29, 1.82) is 0 Å². The summed E-state index contributed by atoms with van der Waals surface area (Å²) in [4.78, 5) is 24.7. The van der Waals surface area contributed by atoms with Gasteiger partial charge in [-0.05, 0) is 42.7 Å². The number of ether oxygens (including phenoxy) is 1. The third kappa shape index (κ3) is 4.42. The Kier molecular flexibility index (Phi) is 5.91. The molecule has 0 saturated carbocycles. The number of ketones is 1. The van der Waals surface area contributed by atoms with Crippen molar-refractivity contribution in [3.63, 3.8) is 0 Å². The second-order valence-electron chi connectivity index (χ2n) is 4.96. The number of aromatic nitrogens is 4. The number of aryl methyl sites for hydroxylation is 1. The zero-order chi connectivity index (χ0) is 18.5. The van der Waals surface area contributed by atoms with E-state index >= 15 is 0 Å². The summed E-state index contributed by atoms with van der Waals surface area (Å²) in [5.41, 5.74) is 1.17. The molecule has 2 aromatic heterocycles. The molecule has 0 aliphatic heterocycles. The molecule has 0 bridgehead atoms. The molecule has 0 unspecified atom stereocenters. The quantitative estimate of drug-likeness (QED) is 0.362. The van der Waals surface area contributed by atoms with E-state index in [4.69, 9.17) is 4.74 Å². The number of amides is 1. The topological polar surface area (TPSA) is 107 Å². The van der Waals surface area contributed by atoms with Gasteiger partial charge in [0.05, 0.1) is 18.6 Å². The average Bonchev–Trinajstić information content (AvgIpc) is 3.28. The Hall–Kier alpha value is -2.37. The van der Waals surface area contributed by atoms with Crippen LogP contribution >= 0.6 is 34.6 Å². The minimum Gasteiger partial charge on any atom is -0.497 e. The number of rotatable bonds is 7. The SMILES string of the molecule is COc1ccc(C(=O)CSc2nnc(NC(=O)c3snnc3C)s2)cc1. The van der Waals surface area contributed by atoms with E-state index < -0.39 is 0 Å². The molecule has 3 aromatic rings. The van der Waals surface area contributed by atoms with Gasteiger partial charge in [0.2, 0.25) is 5.13 Å². The van der Waals surface area contributed by atoms with E-state index in [1.165, 1.54) is 23.1 Å². The number of benzene rings is 1. The Morgan fingerprint density at radius 1 is 1.19 bits per heavy atom. The number of nitrogens with one attached hydrogen (secondary N) is 1. The summed E-state index contributed by atoms with van der Waals surface area (Å²) in [6.07, 6.45) is 0. The van der Waals surface area contributed by atoms with Crippen LogP contribution in [0, 0.1) is 6.92 Å². The number of hydrogen-bond donors (Lipinski definition) is 1. The van der Waals surface area contributed by atoms with Crippen molar-refractivity contribution in [3.05, 3.63) is 40.4 Å². The van der Waals surface area contributed by atoms with Crippen LogP contribution < -0.4 is 10.1 Å². The van der Waals surface area contributed by atoms with Crippen LogP contribution in [-0.2, 0) is 0 Å². The van der Waals surface area contributed by atoms with Gasteiger partial charge in [-0.1, -0.05) is 27.6 Å². The van der Waals surface area contributed by atoms with Crippen molar-refractivity contribution in [3.8, 4) is 5.75 Å². The van der Waals surface area contributed by atoms with Gasteiger partial charge in [0.25, 0.3) is 5.91 Å². The molecule has 8 nitrogen and oxygen atoms in total. The number of Topliss-reactive ketones (excluding diaryl/α,β-unsaturated/α-hetero) is 1. The Balaban J connectivity index is 1.55. The van der Waals surface area contributed by atoms with Gasteiger partial charge >= 0.3 is 0 Å². The zero-order valence-corrected chi connectivity index (χ0v) is 16.2. The molecule has 0 radical (unpaired) electrons. The molecular weight excluding hydrogens is 394 g/mol. The normalized spacial score (nSPS) is 10.5. The average molecular weight is 408 g/mol. The van der Waals surface area contributed by atoms with Crippen molar-refractivity contribution < 1.29 is 14.3 Å². The number of hydrogen-bond acceptors (Lipinski definition) is 10. The standard InChI is InChI=1S/C15H13N5O3S3/c1-8-12(26-20-17-8)13(22)16-14-18-19-15(25-14)24-7-11(21)9-3-5-10(23-2)6-4-9/h3-6H,7H2,1-2H3,(H,16,18,22). The smallest absolute Gasteiger partial charge is 0.271 e. The molecule has 2 heterocycles. The molecule has 0 saturated heterocycles. The molecule has 0 fully saturated rings. The van der Waals surface area contributed by atoms with Gasteiger partial charge in [0.15, 0.2) is 10.1 Å². The van der Waals surface area contributed by atoms with E-state index in [1.807, 2.05) is 0 Å². The van der Waals surface area contributed by atoms with Crippen LogP contribution in [0.3, 0.4) is 0 Å². The highest BCUT2D eigenvalue weighted by Gasteiger charge is 2.16. The summed E-state index contributed by atoms with van der Waals surface area (Å²) in [5, 5.41) is 14.7. The Bertz CT molecular complexity index is 923. The summed E-state index contributed by atoms with van der Waals surface area (Å²) < 4.78 is 9.40. The van der Waals surface area contributed by atoms with Crippen LogP contribution in [0.5, 0.6) is 5.75 Å². The maximum absolute atomic E-state index is 12.2. The Labute approximate surface area is 161 Å².